The summed E-state index contributed by atoms with van der Waals surface area (Å²) in [6.07, 6.45) is 1.87. The van der Waals surface area contributed by atoms with Gasteiger partial charge in [-0.15, -0.1) is 0 Å². The molecule has 3 aromatic rings. The third-order valence-corrected chi connectivity index (χ3v) is 5.85. The second-order valence-electron chi connectivity index (χ2n) is 6.61. The number of halogens is 1. The lowest BCUT2D eigenvalue weighted by Gasteiger charge is -2.03. The zero-order chi connectivity index (χ0) is 14.8. The number of fused-ring (bicyclic) bond motifs is 4. The molecule has 1 aromatic carbocycles. The number of primary amides is 1. The van der Waals surface area contributed by atoms with Crippen molar-refractivity contribution in [3.05, 3.63) is 35.3 Å². The van der Waals surface area contributed by atoms with Gasteiger partial charge in [0.1, 0.15) is 17.0 Å². The summed E-state index contributed by atoms with van der Waals surface area (Å²) in [5, 5.41) is 7.95. The molecule has 0 spiro atoms. The fourth-order valence-corrected chi connectivity index (χ4v) is 4.88. The normalized spacial score (nSPS) is 34.3. The molecule has 0 radical (unpaired) electrons. The molecule has 7 rings (SSSR count). The number of piperidine rings is 1. The van der Waals surface area contributed by atoms with Crippen LogP contribution in [0.4, 0.5) is 4.39 Å². The second kappa shape index (κ2) is 3.03. The van der Waals surface area contributed by atoms with Crippen LogP contribution >= 0.6 is 0 Å². The Morgan fingerprint density at radius 2 is 2.36 bits per heavy atom. The largest absolute Gasteiger partial charge is 0.366 e. The van der Waals surface area contributed by atoms with Crippen LogP contribution in [-0.2, 0) is 5.41 Å². The number of hydrogen-bond donors (Lipinski definition) is 3. The van der Waals surface area contributed by atoms with E-state index in [0.29, 0.717) is 23.0 Å². The Kier molecular flexibility index (Phi) is 1.54. The van der Waals surface area contributed by atoms with E-state index >= 15 is 0 Å². The van der Waals surface area contributed by atoms with Gasteiger partial charge < -0.3 is 16.0 Å². The molecule has 6 nitrogen and oxygen atoms in total. The number of hydrogen-bond acceptors (Lipinski definition) is 3. The van der Waals surface area contributed by atoms with Gasteiger partial charge >= 0.3 is 0 Å². The first-order chi connectivity index (χ1) is 10.6. The van der Waals surface area contributed by atoms with Crippen molar-refractivity contribution in [1.82, 2.24) is 19.9 Å². The molecule has 22 heavy (non-hydrogen) atoms. The zero-order valence-corrected chi connectivity index (χ0v) is 11.4. The first-order valence-electron chi connectivity index (χ1n) is 7.36. The highest BCUT2D eigenvalue weighted by atomic mass is 19.1. The topological polar surface area (TPSA) is 88.2 Å². The monoisotopic (exact) mass is 297 g/mol. The van der Waals surface area contributed by atoms with E-state index in [0.717, 1.165) is 18.1 Å². The molecule has 4 aliphatic rings. The Labute approximate surface area is 123 Å². The zero-order valence-electron chi connectivity index (χ0n) is 11.4. The third kappa shape index (κ3) is 0.945. The van der Waals surface area contributed by atoms with E-state index < -0.39 is 11.7 Å². The number of nitrogens with zero attached hydrogens (tertiary/aromatic N) is 2. The maximum Gasteiger partial charge on any atom is 0.251 e. The number of imidazole rings is 1. The lowest BCUT2D eigenvalue weighted by Crippen LogP contribution is -2.14. The summed E-state index contributed by atoms with van der Waals surface area (Å²) in [6.45, 7) is 1.06. The van der Waals surface area contributed by atoms with E-state index in [4.69, 9.17) is 5.73 Å². The highest BCUT2D eigenvalue weighted by molar-refractivity contribution is 6.05. The van der Waals surface area contributed by atoms with Crippen LogP contribution in [0, 0.1) is 17.7 Å². The smallest absolute Gasteiger partial charge is 0.251 e. The predicted octanol–water partition coefficient (Wildman–Crippen LogP) is 0.523. The number of rotatable bonds is 2. The van der Waals surface area contributed by atoms with Crippen LogP contribution in [0.25, 0.3) is 16.7 Å². The standard InChI is InChI=1S/C15H12FN5O/c16-5-1-6(13(17)22)11-9(2-5)20-14-8(4-19-21(11)14)15-7-3-18-12(15)10(7)15/h1-2,4,7,10,12,18,20H,3H2,(H2,17,22). The maximum absolute atomic E-state index is 13.7. The van der Waals surface area contributed by atoms with Gasteiger partial charge in [-0.3, -0.25) is 4.79 Å². The molecular formula is C15H12FN5O. The van der Waals surface area contributed by atoms with Crippen molar-refractivity contribution in [2.75, 3.05) is 6.54 Å². The highest BCUT2D eigenvalue weighted by Crippen LogP contribution is 2.83. The Morgan fingerprint density at radius 3 is 3.05 bits per heavy atom. The molecule has 4 unspecified atom stereocenters. The summed E-state index contributed by atoms with van der Waals surface area (Å²) in [6, 6.07) is 3.10. The van der Waals surface area contributed by atoms with Crippen molar-refractivity contribution < 1.29 is 9.18 Å². The molecule has 4 fully saturated rings. The molecule has 7 heteroatoms. The molecule has 2 saturated heterocycles. The van der Waals surface area contributed by atoms with Crippen molar-refractivity contribution in [1.29, 1.82) is 0 Å². The van der Waals surface area contributed by atoms with Crippen LogP contribution in [-0.4, -0.2) is 33.1 Å². The van der Waals surface area contributed by atoms with Crippen molar-refractivity contribution >= 4 is 22.6 Å². The van der Waals surface area contributed by atoms with Crippen LogP contribution < -0.4 is 11.1 Å². The van der Waals surface area contributed by atoms with Gasteiger partial charge in [-0.25, -0.2) is 8.91 Å². The lowest BCUT2D eigenvalue weighted by atomic mass is 10.0. The molecule has 2 aliphatic carbocycles. The SMILES string of the molecule is NC(=O)c1cc(F)cc2[nH]c3c(C45C6CNC4C65)cnn3c12. The molecule has 4 heterocycles. The lowest BCUT2D eigenvalue weighted by molar-refractivity contribution is 0.100. The fraction of sp³-hybridized carbons (Fsp3) is 0.333. The average molecular weight is 297 g/mol. The molecule has 2 bridgehead atoms. The van der Waals surface area contributed by atoms with E-state index in [1.165, 1.54) is 17.7 Å². The number of carbonyl (C=O) groups excluding carboxylic acids is 1. The number of H-pyrrole nitrogens is 1. The molecule has 2 saturated carbocycles. The van der Waals surface area contributed by atoms with E-state index in [1.54, 1.807) is 4.52 Å². The van der Waals surface area contributed by atoms with Crippen LogP contribution in [0.2, 0.25) is 0 Å². The molecule has 110 valence electrons. The Balaban J connectivity index is 1.69. The van der Waals surface area contributed by atoms with Gasteiger partial charge in [0.15, 0.2) is 0 Å². The number of amides is 1. The van der Waals surface area contributed by atoms with Gasteiger partial charge in [-0.2, -0.15) is 5.10 Å². The van der Waals surface area contributed by atoms with Gasteiger partial charge in [-0.05, 0) is 30.5 Å². The van der Waals surface area contributed by atoms with Gasteiger partial charge in [0.2, 0.25) is 0 Å². The summed E-state index contributed by atoms with van der Waals surface area (Å²) >= 11 is 0. The van der Waals surface area contributed by atoms with Crippen molar-refractivity contribution in [2.45, 2.75) is 11.5 Å². The number of benzene rings is 1. The number of aromatic amines is 1. The van der Waals surface area contributed by atoms with Crippen LogP contribution in [0.15, 0.2) is 18.3 Å². The van der Waals surface area contributed by atoms with E-state index in [-0.39, 0.29) is 11.0 Å². The molecular weight excluding hydrogens is 285 g/mol. The minimum atomic E-state index is -0.655. The molecule has 4 atom stereocenters. The number of nitrogens with two attached hydrogens (primary N) is 1. The quantitative estimate of drug-likeness (QED) is 0.644. The molecule has 2 aromatic heterocycles. The maximum atomic E-state index is 13.7. The van der Waals surface area contributed by atoms with Crippen LogP contribution in [0.3, 0.4) is 0 Å². The number of aromatic nitrogens is 3. The fourth-order valence-electron chi connectivity index (χ4n) is 4.88. The van der Waals surface area contributed by atoms with Gasteiger partial charge in [0.25, 0.3) is 5.91 Å². The van der Waals surface area contributed by atoms with Crippen molar-refractivity contribution in [3.63, 3.8) is 0 Å². The molecule has 4 N–H and O–H groups in total. The van der Waals surface area contributed by atoms with Crippen LogP contribution in [0.5, 0.6) is 0 Å². The Hall–Kier alpha value is -2.41. The van der Waals surface area contributed by atoms with E-state index in [2.05, 4.69) is 15.4 Å². The summed E-state index contributed by atoms with van der Waals surface area (Å²) in [7, 11) is 0. The first-order valence-corrected chi connectivity index (χ1v) is 7.36. The van der Waals surface area contributed by atoms with Gasteiger partial charge in [-0.1, -0.05) is 0 Å². The number of nitrogens with one attached hydrogen (secondary N) is 2. The summed E-state index contributed by atoms with van der Waals surface area (Å²) in [5.74, 6) is 0.282. The predicted molar refractivity (Wildman–Crippen MR) is 76.0 cm³/mol. The average Bonchev–Trinajstić information content (AvgIpc) is 2.99. The Bertz CT molecular complexity index is 996. The minimum Gasteiger partial charge on any atom is -0.366 e. The van der Waals surface area contributed by atoms with Gasteiger partial charge in [0.05, 0.1) is 17.3 Å². The minimum absolute atomic E-state index is 0.151. The first kappa shape index (κ1) is 11.2. The van der Waals surface area contributed by atoms with Crippen molar-refractivity contribution in [2.24, 2.45) is 17.6 Å². The Morgan fingerprint density at radius 1 is 1.50 bits per heavy atom. The summed E-state index contributed by atoms with van der Waals surface area (Å²) in [5.41, 5.74) is 8.88. The highest BCUT2D eigenvalue weighted by Gasteiger charge is 2.90. The second-order valence-corrected chi connectivity index (χ2v) is 6.61. The third-order valence-electron chi connectivity index (χ3n) is 5.85. The number of carbonyl (C=O) groups is 1. The van der Waals surface area contributed by atoms with Crippen molar-refractivity contribution in [3.8, 4) is 0 Å². The summed E-state index contributed by atoms with van der Waals surface area (Å²) < 4.78 is 15.4. The van der Waals surface area contributed by atoms with E-state index in [9.17, 15) is 9.18 Å². The van der Waals surface area contributed by atoms with Crippen LogP contribution in [0.1, 0.15) is 15.9 Å². The molecule has 1 amide bonds. The van der Waals surface area contributed by atoms with E-state index in [1.807, 2.05) is 6.20 Å². The summed E-state index contributed by atoms with van der Waals surface area (Å²) in [4.78, 5) is 14.9. The molecule has 2 aliphatic heterocycles. The van der Waals surface area contributed by atoms with Gasteiger partial charge in [0, 0.05) is 17.0 Å².